The van der Waals surface area contributed by atoms with E-state index in [1.165, 1.54) is 22.9 Å². The van der Waals surface area contributed by atoms with Gasteiger partial charge in [-0.25, -0.2) is 4.90 Å². The summed E-state index contributed by atoms with van der Waals surface area (Å²) in [6.45, 7) is 0. The van der Waals surface area contributed by atoms with Crippen LogP contribution in [0.25, 0.3) is 10.8 Å². The molecule has 0 bridgehead atoms. The summed E-state index contributed by atoms with van der Waals surface area (Å²) in [5, 5.41) is 15.9. The average molecular weight is 322 g/mol. The third-order valence-electron chi connectivity index (χ3n) is 4.01. The fraction of sp³-hybridized carbons (Fsp3) is 0.0625. The number of nitrogens with zero attached hydrogens (tertiary/aromatic N) is 4. The van der Waals surface area contributed by atoms with Crippen molar-refractivity contribution in [2.75, 3.05) is 4.90 Å². The maximum absolute atomic E-state index is 12.8. The molecule has 8 heteroatoms. The third kappa shape index (κ3) is 1.76. The molecule has 8 nitrogen and oxygen atoms in total. The van der Waals surface area contributed by atoms with Crippen molar-refractivity contribution < 1.29 is 14.5 Å². The Morgan fingerprint density at radius 1 is 1.04 bits per heavy atom. The summed E-state index contributed by atoms with van der Waals surface area (Å²) in [5.74, 6) is -0.872. The molecular formula is C16H10N4O4. The smallest absolute Gasteiger partial charge is 0.274 e. The summed E-state index contributed by atoms with van der Waals surface area (Å²) in [7, 11) is 1.68. The molecule has 0 saturated carbocycles. The molecule has 24 heavy (non-hydrogen) atoms. The molecule has 0 saturated heterocycles. The van der Waals surface area contributed by atoms with Gasteiger partial charge in [-0.2, -0.15) is 5.10 Å². The number of imide groups is 1. The molecule has 2 heterocycles. The number of carbonyl (C=O) groups is 2. The SMILES string of the molecule is Cn1ccc(N2C(=O)c3cccc4c([N+](=O)[O-])ccc(c34)C2=O)n1. The molecule has 0 unspecified atom stereocenters. The number of rotatable bonds is 2. The molecule has 0 atom stereocenters. The Kier molecular flexibility index (Phi) is 2.77. The number of non-ortho nitro benzene ring substituents is 1. The predicted molar refractivity (Wildman–Crippen MR) is 85.0 cm³/mol. The lowest BCUT2D eigenvalue weighted by Crippen LogP contribution is -2.40. The monoisotopic (exact) mass is 322 g/mol. The number of hydrogen-bond donors (Lipinski definition) is 0. The van der Waals surface area contributed by atoms with Crippen LogP contribution in [-0.2, 0) is 7.05 Å². The lowest BCUT2D eigenvalue weighted by Gasteiger charge is -2.25. The molecule has 118 valence electrons. The first-order chi connectivity index (χ1) is 11.5. The Hall–Kier alpha value is -3.55. The predicted octanol–water partition coefficient (Wildman–Crippen LogP) is 2.28. The van der Waals surface area contributed by atoms with Gasteiger partial charge in [-0.05, 0) is 18.2 Å². The minimum absolute atomic E-state index is 0.137. The van der Waals surface area contributed by atoms with Gasteiger partial charge in [0.1, 0.15) is 0 Å². The highest BCUT2D eigenvalue weighted by molar-refractivity contribution is 6.36. The first-order valence-corrected chi connectivity index (χ1v) is 7.07. The summed E-state index contributed by atoms with van der Waals surface area (Å²) in [6.07, 6.45) is 1.63. The first kappa shape index (κ1) is 14.1. The van der Waals surface area contributed by atoms with Crippen LogP contribution in [0.1, 0.15) is 20.7 Å². The molecule has 2 aromatic carbocycles. The van der Waals surface area contributed by atoms with Crippen molar-refractivity contribution in [2.24, 2.45) is 7.05 Å². The van der Waals surface area contributed by atoms with E-state index in [0.29, 0.717) is 5.39 Å². The summed E-state index contributed by atoms with van der Waals surface area (Å²) >= 11 is 0. The van der Waals surface area contributed by atoms with Gasteiger partial charge in [-0.1, -0.05) is 6.07 Å². The molecule has 0 fully saturated rings. The van der Waals surface area contributed by atoms with Crippen molar-refractivity contribution in [3.05, 3.63) is 63.8 Å². The standard InChI is InChI=1S/C16H10N4O4/c1-18-8-7-13(17-18)19-15(21)10-4-2-3-9-12(20(23)24)6-5-11(14(9)10)16(19)22/h2-8H,1H3. The quantitative estimate of drug-likeness (QED) is 0.409. The Morgan fingerprint density at radius 3 is 2.38 bits per heavy atom. The van der Waals surface area contributed by atoms with Gasteiger partial charge in [0, 0.05) is 41.9 Å². The molecule has 2 amide bonds. The highest BCUT2D eigenvalue weighted by Crippen LogP contribution is 2.36. The van der Waals surface area contributed by atoms with Crippen LogP contribution in [0.3, 0.4) is 0 Å². The molecule has 0 aliphatic carbocycles. The topological polar surface area (TPSA) is 98.3 Å². The molecule has 1 aliphatic heterocycles. The van der Waals surface area contributed by atoms with Crippen molar-refractivity contribution in [2.45, 2.75) is 0 Å². The number of aromatic nitrogens is 2. The van der Waals surface area contributed by atoms with E-state index in [1.807, 2.05) is 0 Å². The minimum Gasteiger partial charge on any atom is -0.274 e. The van der Waals surface area contributed by atoms with E-state index < -0.39 is 16.7 Å². The first-order valence-electron chi connectivity index (χ1n) is 7.07. The maximum atomic E-state index is 12.8. The van der Waals surface area contributed by atoms with Crippen molar-refractivity contribution in [3.8, 4) is 0 Å². The number of hydrogen-bond acceptors (Lipinski definition) is 5. The van der Waals surface area contributed by atoms with Gasteiger partial charge in [0.05, 0.1) is 10.3 Å². The second kappa shape index (κ2) is 4.72. The number of amides is 2. The van der Waals surface area contributed by atoms with E-state index in [-0.39, 0.29) is 28.0 Å². The van der Waals surface area contributed by atoms with Gasteiger partial charge in [0.15, 0.2) is 5.82 Å². The summed E-state index contributed by atoms with van der Waals surface area (Å²) in [6, 6.07) is 8.89. The van der Waals surface area contributed by atoms with Crippen LogP contribution in [0, 0.1) is 10.1 Å². The zero-order chi connectivity index (χ0) is 17.0. The third-order valence-corrected chi connectivity index (χ3v) is 4.01. The molecule has 3 aromatic rings. The van der Waals surface area contributed by atoms with Gasteiger partial charge in [0.25, 0.3) is 17.5 Å². The van der Waals surface area contributed by atoms with Crippen LogP contribution in [0.4, 0.5) is 11.5 Å². The van der Waals surface area contributed by atoms with Crippen LogP contribution >= 0.6 is 0 Å². The summed E-state index contributed by atoms with van der Waals surface area (Å²) < 4.78 is 1.49. The van der Waals surface area contributed by atoms with Crippen LogP contribution in [-0.4, -0.2) is 26.5 Å². The lowest BCUT2D eigenvalue weighted by molar-refractivity contribution is -0.383. The zero-order valence-electron chi connectivity index (χ0n) is 12.5. The van der Waals surface area contributed by atoms with Gasteiger partial charge < -0.3 is 0 Å². The maximum Gasteiger partial charge on any atom is 0.277 e. The van der Waals surface area contributed by atoms with E-state index in [9.17, 15) is 19.7 Å². The fourth-order valence-corrected chi connectivity index (χ4v) is 2.97. The molecule has 0 spiro atoms. The molecular weight excluding hydrogens is 312 g/mol. The summed E-state index contributed by atoms with van der Waals surface area (Å²) in [4.78, 5) is 37.3. The lowest BCUT2D eigenvalue weighted by atomic mass is 9.93. The van der Waals surface area contributed by atoms with E-state index >= 15 is 0 Å². The molecule has 1 aliphatic rings. The van der Waals surface area contributed by atoms with Crippen LogP contribution in [0.5, 0.6) is 0 Å². The van der Waals surface area contributed by atoms with Gasteiger partial charge in [-0.3, -0.25) is 24.4 Å². The highest BCUT2D eigenvalue weighted by atomic mass is 16.6. The molecule has 0 radical (unpaired) electrons. The molecule has 0 N–H and O–H groups in total. The Labute approximate surface area is 135 Å². The van der Waals surface area contributed by atoms with Gasteiger partial charge >= 0.3 is 0 Å². The minimum atomic E-state index is -0.544. The Bertz CT molecular complexity index is 1030. The fourth-order valence-electron chi connectivity index (χ4n) is 2.97. The van der Waals surface area contributed by atoms with Gasteiger partial charge in [-0.15, -0.1) is 0 Å². The number of aryl methyl sites for hydroxylation is 1. The van der Waals surface area contributed by atoms with Crippen molar-refractivity contribution in [1.29, 1.82) is 0 Å². The van der Waals surface area contributed by atoms with Crippen molar-refractivity contribution in [1.82, 2.24) is 9.78 Å². The number of benzene rings is 2. The largest absolute Gasteiger partial charge is 0.277 e. The second-order valence-electron chi connectivity index (χ2n) is 5.41. The zero-order valence-corrected chi connectivity index (χ0v) is 12.5. The molecule has 4 rings (SSSR count). The van der Waals surface area contributed by atoms with Crippen LogP contribution in [0.2, 0.25) is 0 Å². The highest BCUT2D eigenvalue weighted by Gasteiger charge is 2.36. The Morgan fingerprint density at radius 2 is 1.75 bits per heavy atom. The van der Waals surface area contributed by atoms with Crippen molar-refractivity contribution in [3.63, 3.8) is 0 Å². The van der Waals surface area contributed by atoms with Crippen LogP contribution < -0.4 is 4.90 Å². The Balaban J connectivity index is 2.02. The number of nitro benzene ring substituents is 1. The van der Waals surface area contributed by atoms with Crippen molar-refractivity contribution >= 4 is 34.1 Å². The normalized spacial score (nSPS) is 13.6. The van der Waals surface area contributed by atoms with E-state index in [0.717, 1.165) is 4.90 Å². The summed E-state index contributed by atoms with van der Waals surface area (Å²) in [5.41, 5.74) is 0.357. The molecule has 1 aromatic heterocycles. The number of nitro groups is 1. The van der Waals surface area contributed by atoms with E-state index in [4.69, 9.17) is 0 Å². The van der Waals surface area contributed by atoms with E-state index in [2.05, 4.69) is 5.10 Å². The van der Waals surface area contributed by atoms with Crippen LogP contribution in [0.15, 0.2) is 42.6 Å². The number of anilines is 1. The van der Waals surface area contributed by atoms with E-state index in [1.54, 1.807) is 31.4 Å². The van der Waals surface area contributed by atoms with Gasteiger partial charge in [0.2, 0.25) is 0 Å². The second-order valence-corrected chi connectivity index (χ2v) is 5.41. The average Bonchev–Trinajstić information content (AvgIpc) is 2.98. The number of carbonyl (C=O) groups excluding carboxylic acids is 2.